The highest BCUT2D eigenvalue weighted by Gasteiger charge is 2.17. The molecule has 7 nitrogen and oxygen atoms in total. The van der Waals surface area contributed by atoms with Crippen molar-refractivity contribution in [1.29, 1.82) is 0 Å². The zero-order valence-corrected chi connectivity index (χ0v) is 14.4. The fraction of sp³-hybridized carbons (Fsp3) is 0.385. The first-order chi connectivity index (χ1) is 10.3. The van der Waals surface area contributed by atoms with Gasteiger partial charge in [0.15, 0.2) is 0 Å². The molecule has 9 heteroatoms. The topological polar surface area (TPSA) is 104 Å². The smallest absolute Gasteiger partial charge is 0.323 e. The highest BCUT2D eigenvalue weighted by atomic mass is 79.9. The summed E-state index contributed by atoms with van der Waals surface area (Å²) in [5.74, 6) is -1.52. The molecular formula is C13H17BrN2O5S. The monoisotopic (exact) mass is 392 g/mol. The minimum atomic E-state index is -3.70. The van der Waals surface area contributed by atoms with Gasteiger partial charge in [-0.3, -0.25) is 9.59 Å². The Balaban J connectivity index is 2.59. The van der Waals surface area contributed by atoms with Crippen LogP contribution in [0.25, 0.3) is 0 Å². The molecule has 2 N–H and O–H groups in total. The van der Waals surface area contributed by atoms with Gasteiger partial charge in [0.1, 0.15) is 6.54 Å². The number of halogens is 1. The van der Waals surface area contributed by atoms with Crippen molar-refractivity contribution in [2.45, 2.75) is 18.2 Å². The van der Waals surface area contributed by atoms with Crippen LogP contribution in [0, 0.1) is 0 Å². The largest absolute Gasteiger partial charge is 0.480 e. The molecule has 0 spiro atoms. The van der Waals surface area contributed by atoms with E-state index >= 15 is 0 Å². The Morgan fingerprint density at radius 2 is 2.05 bits per heavy atom. The summed E-state index contributed by atoms with van der Waals surface area (Å²) >= 11 is 3.19. The Labute approximate surface area is 137 Å². The van der Waals surface area contributed by atoms with E-state index in [1.165, 1.54) is 12.1 Å². The maximum Gasteiger partial charge on any atom is 0.323 e. The summed E-state index contributed by atoms with van der Waals surface area (Å²) in [4.78, 5) is 23.7. The fourth-order valence-electron chi connectivity index (χ4n) is 1.71. The second-order valence-corrected chi connectivity index (χ2v) is 7.09. The highest BCUT2D eigenvalue weighted by molar-refractivity contribution is 9.10. The van der Waals surface area contributed by atoms with E-state index in [9.17, 15) is 18.0 Å². The molecule has 0 atom stereocenters. The lowest BCUT2D eigenvalue weighted by molar-refractivity contribution is -0.144. The Kier molecular flexibility index (Phi) is 6.98. The molecule has 0 radical (unpaired) electrons. The summed E-state index contributed by atoms with van der Waals surface area (Å²) in [7, 11) is -3.70. The molecule has 1 aromatic rings. The summed E-state index contributed by atoms with van der Waals surface area (Å²) < 4.78 is 27.0. The van der Waals surface area contributed by atoms with Gasteiger partial charge in [-0.2, -0.15) is 0 Å². The number of amides is 1. The van der Waals surface area contributed by atoms with Gasteiger partial charge in [-0.15, -0.1) is 0 Å². The predicted octanol–water partition coefficient (Wildman–Crippen LogP) is 1.05. The lowest BCUT2D eigenvalue weighted by atomic mass is 10.3. The molecule has 0 saturated carbocycles. The van der Waals surface area contributed by atoms with E-state index in [1.54, 1.807) is 19.1 Å². The van der Waals surface area contributed by atoms with Gasteiger partial charge in [-0.05, 0) is 25.1 Å². The van der Waals surface area contributed by atoms with E-state index in [-0.39, 0.29) is 24.4 Å². The highest BCUT2D eigenvalue weighted by Crippen LogP contribution is 2.15. The molecule has 0 unspecified atom stereocenters. The maximum atomic E-state index is 12.0. The number of hydrogen-bond acceptors (Lipinski definition) is 4. The second kappa shape index (κ2) is 8.25. The molecule has 0 aliphatic rings. The summed E-state index contributed by atoms with van der Waals surface area (Å²) in [5.41, 5.74) is 0. The van der Waals surface area contributed by atoms with Crippen LogP contribution >= 0.6 is 15.9 Å². The number of carboxylic acids is 1. The quantitative estimate of drug-likeness (QED) is 0.687. The first kappa shape index (κ1) is 18.6. The van der Waals surface area contributed by atoms with Crippen LogP contribution in [0.4, 0.5) is 0 Å². The SMILES string of the molecule is CCN(CC(=O)O)C(=O)CCNS(=O)(=O)c1cccc(Br)c1. The molecule has 0 fully saturated rings. The Morgan fingerprint density at radius 3 is 2.59 bits per heavy atom. The summed E-state index contributed by atoms with van der Waals surface area (Å²) in [6, 6.07) is 6.19. The average Bonchev–Trinajstić information content (AvgIpc) is 2.44. The van der Waals surface area contributed by atoms with Crippen LogP contribution in [0.2, 0.25) is 0 Å². The molecule has 0 aromatic heterocycles. The number of benzene rings is 1. The Hall–Kier alpha value is -1.45. The van der Waals surface area contributed by atoms with Crippen LogP contribution in [0.1, 0.15) is 13.3 Å². The van der Waals surface area contributed by atoms with Gasteiger partial charge in [0.2, 0.25) is 15.9 Å². The molecule has 22 heavy (non-hydrogen) atoms. The molecule has 0 heterocycles. The van der Waals surface area contributed by atoms with Crippen LogP contribution in [-0.4, -0.2) is 49.9 Å². The minimum Gasteiger partial charge on any atom is -0.480 e. The number of likely N-dealkylation sites (N-methyl/N-ethyl adjacent to an activating group) is 1. The molecule has 0 aliphatic heterocycles. The predicted molar refractivity (Wildman–Crippen MR) is 83.8 cm³/mol. The number of sulfonamides is 1. The zero-order chi connectivity index (χ0) is 16.8. The number of hydrogen-bond donors (Lipinski definition) is 2. The molecule has 0 saturated heterocycles. The molecule has 1 rings (SSSR count). The van der Waals surface area contributed by atoms with Crippen LogP contribution in [0.15, 0.2) is 33.6 Å². The number of carbonyl (C=O) groups is 2. The third-order valence-electron chi connectivity index (χ3n) is 2.80. The van der Waals surface area contributed by atoms with Crippen LogP contribution in [0.3, 0.4) is 0 Å². The normalized spacial score (nSPS) is 11.2. The minimum absolute atomic E-state index is 0.0900. The van der Waals surface area contributed by atoms with Crippen molar-refractivity contribution in [3.63, 3.8) is 0 Å². The van der Waals surface area contributed by atoms with Crippen molar-refractivity contribution >= 4 is 37.8 Å². The van der Waals surface area contributed by atoms with E-state index < -0.39 is 28.4 Å². The second-order valence-electron chi connectivity index (χ2n) is 4.41. The van der Waals surface area contributed by atoms with Gasteiger partial charge < -0.3 is 10.0 Å². The van der Waals surface area contributed by atoms with Crippen molar-refractivity contribution in [2.75, 3.05) is 19.6 Å². The van der Waals surface area contributed by atoms with Gasteiger partial charge in [0.05, 0.1) is 4.90 Å². The third kappa shape index (κ3) is 5.74. The fourth-order valence-corrected chi connectivity index (χ4v) is 3.34. The third-order valence-corrected chi connectivity index (χ3v) is 4.75. The standard InChI is InChI=1S/C13H17BrN2O5S/c1-2-16(9-13(18)19)12(17)6-7-15-22(20,21)11-5-3-4-10(14)8-11/h3-5,8,15H,2,6-7,9H2,1H3,(H,18,19). The number of aliphatic carboxylic acids is 1. The number of rotatable bonds is 8. The maximum absolute atomic E-state index is 12.0. The lowest BCUT2D eigenvalue weighted by Crippen LogP contribution is -2.37. The molecule has 1 amide bonds. The summed E-state index contributed by atoms with van der Waals surface area (Å²) in [6.07, 6.45) is -0.103. The zero-order valence-electron chi connectivity index (χ0n) is 12.0. The van der Waals surface area contributed by atoms with Crippen LogP contribution in [-0.2, 0) is 19.6 Å². The molecule has 122 valence electrons. The lowest BCUT2D eigenvalue weighted by Gasteiger charge is -2.18. The number of carboxylic acid groups (broad SMARTS) is 1. The Bertz CT molecular complexity index is 648. The van der Waals surface area contributed by atoms with Crippen LogP contribution in [0.5, 0.6) is 0 Å². The van der Waals surface area contributed by atoms with Gasteiger partial charge in [0, 0.05) is 24.0 Å². The van der Waals surface area contributed by atoms with Crippen molar-refractivity contribution in [2.24, 2.45) is 0 Å². The van der Waals surface area contributed by atoms with E-state index in [2.05, 4.69) is 20.7 Å². The van der Waals surface area contributed by atoms with Gasteiger partial charge >= 0.3 is 5.97 Å². The first-order valence-electron chi connectivity index (χ1n) is 6.51. The van der Waals surface area contributed by atoms with Crippen molar-refractivity contribution in [1.82, 2.24) is 9.62 Å². The van der Waals surface area contributed by atoms with E-state index in [0.29, 0.717) is 4.47 Å². The number of nitrogens with one attached hydrogen (secondary N) is 1. The Morgan fingerprint density at radius 1 is 1.36 bits per heavy atom. The summed E-state index contributed by atoms with van der Waals surface area (Å²) in [6.45, 7) is 1.42. The van der Waals surface area contributed by atoms with Crippen molar-refractivity contribution < 1.29 is 23.1 Å². The molecule has 1 aromatic carbocycles. The molecule has 0 aliphatic carbocycles. The average molecular weight is 393 g/mol. The van der Waals surface area contributed by atoms with E-state index in [0.717, 1.165) is 4.90 Å². The molecule has 0 bridgehead atoms. The van der Waals surface area contributed by atoms with Crippen molar-refractivity contribution in [3.8, 4) is 0 Å². The van der Waals surface area contributed by atoms with Gasteiger partial charge in [-0.25, -0.2) is 13.1 Å². The van der Waals surface area contributed by atoms with Crippen LogP contribution < -0.4 is 4.72 Å². The molecular weight excluding hydrogens is 376 g/mol. The summed E-state index contributed by atoms with van der Waals surface area (Å²) in [5, 5.41) is 8.68. The van der Waals surface area contributed by atoms with E-state index in [4.69, 9.17) is 5.11 Å². The van der Waals surface area contributed by atoms with Gasteiger partial charge in [-0.1, -0.05) is 22.0 Å². The first-order valence-corrected chi connectivity index (χ1v) is 8.78. The van der Waals surface area contributed by atoms with E-state index in [1.807, 2.05) is 0 Å². The number of carbonyl (C=O) groups excluding carboxylic acids is 1. The van der Waals surface area contributed by atoms with Crippen molar-refractivity contribution in [3.05, 3.63) is 28.7 Å². The number of nitrogens with zero attached hydrogens (tertiary/aromatic N) is 1. The van der Waals surface area contributed by atoms with Gasteiger partial charge in [0.25, 0.3) is 0 Å².